The molecular weight excluding hydrogens is 348 g/mol. The first kappa shape index (κ1) is 19.8. The Morgan fingerprint density at radius 1 is 1.15 bits per heavy atom. The van der Waals surface area contributed by atoms with Gasteiger partial charge in [0.1, 0.15) is 0 Å². The van der Waals surface area contributed by atoms with Crippen molar-refractivity contribution in [3.63, 3.8) is 0 Å². The van der Waals surface area contributed by atoms with E-state index in [1.54, 1.807) is 18.2 Å². The third kappa shape index (κ3) is 6.07. The van der Waals surface area contributed by atoms with Crippen LogP contribution < -0.4 is 5.32 Å². The number of para-hydroxylation sites is 1. The number of nitro groups is 1. The minimum Gasteiger partial charge on any atom is -0.452 e. The Kier molecular flexibility index (Phi) is 6.82. The molecular formula is C20H20N2O5. The summed E-state index contributed by atoms with van der Waals surface area (Å²) in [6, 6.07) is 13.4. The quantitative estimate of drug-likeness (QED) is 0.346. The smallest absolute Gasteiger partial charge is 0.331 e. The average Bonchev–Trinajstić information content (AvgIpc) is 2.65. The maximum atomic E-state index is 11.9. The fourth-order valence-electron chi connectivity index (χ4n) is 2.29. The van der Waals surface area contributed by atoms with Gasteiger partial charge in [0.05, 0.1) is 10.5 Å². The summed E-state index contributed by atoms with van der Waals surface area (Å²) in [6.07, 6.45) is 2.33. The van der Waals surface area contributed by atoms with Crippen LogP contribution in [0, 0.1) is 10.1 Å². The number of carbonyl (C=O) groups excluding carboxylic acids is 2. The van der Waals surface area contributed by atoms with Crippen LogP contribution in [0.25, 0.3) is 6.08 Å². The normalized spacial score (nSPS) is 10.8. The van der Waals surface area contributed by atoms with Crippen molar-refractivity contribution in [1.82, 2.24) is 0 Å². The first-order valence-electron chi connectivity index (χ1n) is 8.35. The fraction of sp³-hybridized carbons (Fsp3) is 0.200. The van der Waals surface area contributed by atoms with Gasteiger partial charge in [-0.05, 0) is 35.8 Å². The molecule has 2 aromatic carbocycles. The predicted octanol–water partition coefficient (Wildman–Crippen LogP) is 3.91. The van der Waals surface area contributed by atoms with Crippen LogP contribution in [0.15, 0.2) is 54.6 Å². The lowest BCUT2D eigenvalue weighted by Crippen LogP contribution is -2.20. The van der Waals surface area contributed by atoms with E-state index >= 15 is 0 Å². The molecule has 0 radical (unpaired) electrons. The molecule has 0 aliphatic carbocycles. The van der Waals surface area contributed by atoms with Crippen LogP contribution >= 0.6 is 0 Å². The van der Waals surface area contributed by atoms with E-state index in [2.05, 4.69) is 19.2 Å². The van der Waals surface area contributed by atoms with Gasteiger partial charge in [-0.2, -0.15) is 0 Å². The van der Waals surface area contributed by atoms with Gasteiger partial charge in [-0.3, -0.25) is 14.9 Å². The number of hydrogen-bond acceptors (Lipinski definition) is 5. The van der Waals surface area contributed by atoms with E-state index in [-0.39, 0.29) is 11.3 Å². The van der Waals surface area contributed by atoms with Crippen molar-refractivity contribution in [3.8, 4) is 0 Å². The second kappa shape index (κ2) is 9.28. The topological polar surface area (TPSA) is 98.5 Å². The van der Waals surface area contributed by atoms with Crippen molar-refractivity contribution >= 4 is 29.3 Å². The van der Waals surface area contributed by atoms with Gasteiger partial charge in [-0.15, -0.1) is 0 Å². The fourth-order valence-corrected chi connectivity index (χ4v) is 2.29. The van der Waals surface area contributed by atoms with Crippen LogP contribution in [0.5, 0.6) is 0 Å². The number of amides is 1. The lowest BCUT2D eigenvalue weighted by atomic mass is 10.0. The molecule has 0 aliphatic heterocycles. The van der Waals surface area contributed by atoms with Crippen LogP contribution in [0.3, 0.4) is 0 Å². The van der Waals surface area contributed by atoms with E-state index in [0.29, 0.717) is 11.6 Å². The van der Waals surface area contributed by atoms with E-state index in [0.717, 1.165) is 11.6 Å². The zero-order valence-corrected chi connectivity index (χ0v) is 15.0. The number of carbonyl (C=O) groups is 2. The van der Waals surface area contributed by atoms with Gasteiger partial charge in [0.2, 0.25) is 0 Å². The lowest BCUT2D eigenvalue weighted by Gasteiger charge is -2.08. The SMILES string of the molecule is CC(C)c1ccc(NC(=O)COC(=O)C=Cc2ccccc2[N+](=O)[O-])cc1. The maximum absolute atomic E-state index is 11.9. The van der Waals surface area contributed by atoms with Crippen molar-refractivity contribution < 1.29 is 19.2 Å². The molecule has 1 N–H and O–H groups in total. The maximum Gasteiger partial charge on any atom is 0.331 e. The van der Waals surface area contributed by atoms with E-state index in [4.69, 9.17) is 4.74 Å². The highest BCUT2D eigenvalue weighted by Crippen LogP contribution is 2.19. The first-order valence-corrected chi connectivity index (χ1v) is 8.35. The molecule has 27 heavy (non-hydrogen) atoms. The molecule has 1 amide bonds. The monoisotopic (exact) mass is 368 g/mol. The molecule has 0 spiro atoms. The van der Waals surface area contributed by atoms with E-state index in [9.17, 15) is 19.7 Å². The van der Waals surface area contributed by atoms with Gasteiger partial charge >= 0.3 is 5.97 Å². The number of anilines is 1. The molecule has 0 unspecified atom stereocenters. The van der Waals surface area contributed by atoms with Crippen LogP contribution in [-0.2, 0) is 14.3 Å². The van der Waals surface area contributed by atoms with E-state index < -0.39 is 23.4 Å². The van der Waals surface area contributed by atoms with E-state index in [1.807, 2.05) is 12.1 Å². The van der Waals surface area contributed by atoms with E-state index in [1.165, 1.54) is 24.3 Å². The molecule has 0 saturated carbocycles. The molecule has 2 aromatic rings. The summed E-state index contributed by atoms with van der Waals surface area (Å²) in [7, 11) is 0. The highest BCUT2D eigenvalue weighted by atomic mass is 16.6. The second-order valence-electron chi connectivity index (χ2n) is 6.08. The van der Waals surface area contributed by atoms with Crippen molar-refractivity contribution in [2.75, 3.05) is 11.9 Å². The van der Waals surface area contributed by atoms with Crippen molar-refractivity contribution in [2.24, 2.45) is 0 Å². The molecule has 140 valence electrons. The molecule has 0 aliphatic rings. The summed E-state index contributed by atoms with van der Waals surface area (Å²) >= 11 is 0. The highest BCUT2D eigenvalue weighted by Gasteiger charge is 2.11. The Balaban J connectivity index is 1.86. The third-order valence-corrected chi connectivity index (χ3v) is 3.74. The van der Waals surface area contributed by atoms with Crippen LogP contribution in [0.1, 0.15) is 30.9 Å². The van der Waals surface area contributed by atoms with Crippen LogP contribution in [0.4, 0.5) is 11.4 Å². The van der Waals surface area contributed by atoms with Crippen molar-refractivity contribution in [3.05, 3.63) is 75.8 Å². The Morgan fingerprint density at radius 2 is 1.81 bits per heavy atom. The Morgan fingerprint density at radius 3 is 2.44 bits per heavy atom. The predicted molar refractivity (Wildman–Crippen MR) is 102 cm³/mol. The number of esters is 1. The number of hydrogen-bond donors (Lipinski definition) is 1. The molecule has 0 fully saturated rings. The Bertz CT molecular complexity index is 857. The Labute approximate surface area is 156 Å². The van der Waals surface area contributed by atoms with Gasteiger partial charge in [-0.1, -0.05) is 38.1 Å². The molecule has 0 saturated heterocycles. The number of nitrogens with zero attached hydrogens (tertiary/aromatic N) is 1. The van der Waals surface area contributed by atoms with Crippen molar-refractivity contribution in [2.45, 2.75) is 19.8 Å². The van der Waals surface area contributed by atoms with Gasteiger partial charge in [0.15, 0.2) is 6.61 Å². The van der Waals surface area contributed by atoms with Gasteiger partial charge < -0.3 is 10.1 Å². The molecule has 0 aromatic heterocycles. The first-order chi connectivity index (χ1) is 12.9. The van der Waals surface area contributed by atoms with Crippen LogP contribution in [0.2, 0.25) is 0 Å². The lowest BCUT2D eigenvalue weighted by molar-refractivity contribution is -0.385. The number of nitrogens with one attached hydrogen (secondary N) is 1. The summed E-state index contributed by atoms with van der Waals surface area (Å²) in [6.45, 7) is 3.70. The molecule has 2 rings (SSSR count). The molecule has 0 bridgehead atoms. The summed E-state index contributed by atoms with van der Waals surface area (Å²) in [5.74, 6) is -0.846. The summed E-state index contributed by atoms with van der Waals surface area (Å²) < 4.78 is 4.85. The summed E-state index contributed by atoms with van der Waals surface area (Å²) in [4.78, 5) is 33.9. The average molecular weight is 368 g/mol. The van der Waals surface area contributed by atoms with Gasteiger partial charge in [0.25, 0.3) is 11.6 Å². The molecule has 7 nitrogen and oxygen atoms in total. The minimum absolute atomic E-state index is 0.121. The largest absolute Gasteiger partial charge is 0.452 e. The highest BCUT2D eigenvalue weighted by molar-refractivity contribution is 5.94. The molecule has 7 heteroatoms. The van der Waals surface area contributed by atoms with Crippen LogP contribution in [-0.4, -0.2) is 23.4 Å². The zero-order valence-electron chi connectivity index (χ0n) is 15.0. The molecule has 0 atom stereocenters. The Hall–Kier alpha value is -3.48. The number of benzene rings is 2. The number of rotatable bonds is 7. The third-order valence-electron chi connectivity index (χ3n) is 3.74. The standard InChI is InChI=1S/C20H20N2O5/c1-14(2)15-7-10-17(11-8-15)21-19(23)13-27-20(24)12-9-16-5-3-4-6-18(16)22(25)26/h3-12,14H,13H2,1-2H3,(H,21,23). The van der Waals surface area contributed by atoms with Gasteiger partial charge in [-0.25, -0.2) is 4.79 Å². The summed E-state index contributed by atoms with van der Waals surface area (Å²) in [5.41, 5.74) is 1.91. The summed E-state index contributed by atoms with van der Waals surface area (Å²) in [5, 5.41) is 13.5. The number of nitro benzene ring substituents is 1. The van der Waals surface area contributed by atoms with Crippen molar-refractivity contribution in [1.29, 1.82) is 0 Å². The number of ether oxygens (including phenoxy) is 1. The zero-order chi connectivity index (χ0) is 19.8. The minimum atomic E-state index is -0.765. The molecule has 0 heterocycles. The second-order valence-corrected chi connectivity index (χ2v) is 6.08. The van der Waals surface area contributed by atoms with Gasteiger partial charge in [0, 0.05) is 17.8 Å².